The van der Waals surface area contributed by atoms with Crippen molar-refractivity contribution in [2.75, 3.05) is 33.4 Å². The van der Waals surface area contributed by atoms with Gasteiger partial charge in [0, 0.05) is 39.0 Å². The van der Waals surface area contributed by atoms with Crippen LogP contribution in [0.3, 0.4) is 0 Å². The van der Waals surface area contributed by atoms with Crippen LogP contribution in [0.2, 0.25) is 0 Å². The molecule has 108 valence electrons. The molecule has 1 fully saturated rings. The van der Waals surface area contributed by atoms with Gasteiger partial charge in [-0.2, -0.15) is 0 Å². The summed E-state index contributed by atoms with van der Waals surface area (Å²) in [5, 5.41) is 11.6. The van der Waals surface area contributed by atoms with Crippen LogP contribution in [0, 0.1) is 0 Å². The molecule has 19 heavy (non-hydrogen) atoms. The van der Waals surface area contributed by atoms with Crippen LogP contribution in [0.15, 0.2) is 6.20 Å². The van der Waals surface area contributed by atoms with E-state index in [2.05, 4.69) is 27.5 Å². The van der Waals surface area contributed by atoms with Gasteiger partial charge >= 0.3 is 0 Å². The predicted octanol–water partition coefficient (Wildman–Crippen LogP) is 0.498. The average molecular weight is 267 g/mol. The van der Waals surface area contributed by atoms with E-state index in [1.165, 1.54) is 12.8 Å². The molecule has 1 N–H and O–H groups in total. The van der Waals surface area contributed by atoms with Crippen molar-refractivity contribution in [2.45, 2.75) is 38.9 Å². The Balaban J connectivity index is 1.74. The molecule has 1 aromatic heterocycles. The summed E-state index contributed by atoms with van der Waals surface area (Å²) in [4.78, 5) is 2.50. The summed E-state index contributed by atoms with van der Waals surface area (Å²) in [6.45, 7) is 7.59. The molecule has 0 spiro atoms. The highest BCUT2D eigenvalue weighted by molar-refractivity contribution is 4.91. The molecule has 0 unspecified atom stereocenters. The Bertz CT molecular complexity index is 364. The summed E-state index contributed by atoms with van der Waals surface area (Å²) in [6.07, 6.45) is 4.68. The molecule has 2 rings (SSSR count). The molecule has 0 bridgehead atoms. The van der Waals surface area contributed by atoms with Crippen LogP contribution in [-0.2, 0) is 17.8 Å². The summed E-state index contributed by atoms with van der Waals surface area (Å²) in [6, 6.07) is 0.764. The van der Waals surface area contributed by atoms with Crippen molar-refractivity contribution in [3.63, 3.8) is 0 Å². The van der Waals surface area contributed by atoms with Crippen molar-refractivity contribution in [3.05, 3.63) is 11.9 Å². The quantitative estimate of drug-likeness (QED) is 0.669. The molecule has 0 saturated heterocycles. The second-order valence-corrected chi connectivity index (χ2v) is 5.01. The lowest BCUT2D eigenvalue weighted by molar-refractivity contribution is 0.140. The Labute approximate surface area is 115 Å². The lowest BCUT2D eigenvalue weighted by atomic mass is 10.4. The summed E-state index contributed by atoms with van der Waals surface area (Å²) in [5.74, 6) is 0. The highest BCUT2D eigenvalue weighted by atomic mass is 16.5. The number of nitrogens with one attached hydrogen (secondary N) is 1. The van der Waals surface area contributed by atoms with Gasteiger partial charge in [-0.3, -0.25) is 9.58 Å². The zero-order valence-corrected chi connectivity index (χ0v) is 12.0. The lowest BCUT2D eigenvalue weighted by Gasteiger charge is -2.21. The van der Waals surface area contributed by atoms with Crippen LogP contribution in [0.4, 0.5) is 0 Å². The molecule has 1 aliphatic carbocycles. The first-order valence-corrected chi connectivity index (χ1v) is 7.16. The standard InChI is InChI=1S/C13H25N5O/c1-3-14-10-12-11-18(16-15-12)7-6-17(8-9-19-2)13-4-5-13/h11,13-14H,3-10H2,1-2H3. The van der Waals surface area contributed by atoms with Gasteiger partial charge in [-0.1, -0.05) is 12.1 Å². The van der Waals surface area contributed by atoms with Crippen LogP contribution >= 0.6 is 0 Å². The van der Waals surface area contributed by atoms with Crippen LogP contribution in [0.25, 0.3) is 0 Å². The molecule has 1 saturated carbocycles. The largest absolute Gasteiger partial charge is 0.383 e. The predicted molar refractivity (Wildman–Crippen MR) is 73.9 cm³/mol. The van der Waals surface area contributed by atoms with Gasteiger partial charge in [-0.15, -0.1) is 5.10 Å². The minimum Gasteiger partial charge on any atom is -0.383 e. The fourth-order valence-electron chi connectivity index (χ4n) is 2.14. The van der Waals surface area contributed by atoms with Crippen LogP contribution in [-0.4, -0.2) is 59.3 Å². The normalized spacial score (nSPS) is 15.3. The molecule has 0 aromatic carbocycles. The number of methoxy groups -OCH3 is 1. The van der Waals surface area contributed by atoms with Gasteiger partial charge in [0.2, 0.25) is 0 Å². The Kier molecular flexibility index (Phi) is 5.75. The van der Waals surface area contributed by atoms with Crippen molar-refractivity contribution in [1.29, 1.82) is 0 Å². The Morgan fingerprint density at radius 1 is 1.47 bits per heavy atom. The van der Waals surface area contributed by atoms with Crippen molar-refractivity contribution >= 4 is 0 Å². The van der Waals surface area contributed by atoms with Crippen molar-refractivity contribution in [1.82, 2.24) is 25.2 Å². The maximum atomic E-state index is 5.17. The minimum absolute atomic E-state index is 0.764. The number of hydrogen-bond acceptors (Lipinski definition) is 5. The van der Waals surface area contributed by atoms with Gasteiger partial charge in [0.15, 0.2) is 0 Å². The third kappa shape index (κ3) is 4.89. The van der Waals surface area contributed by atoms with E-state index in [-0.39, 0.29) is 0 Å². The van der Waals surface area contributed by atoms with Crippen LogP contribution in [0.1, 0.15) is 25.5 Å². The minimum atomic E-state index is 0.764. The highest BCUT2D eigenvalue weighted by Crippen LogP contribution is 2.26. The summed E-state index contributed by atoms with van der Waals surface area (Å²) >= 11 is 0. The van der Waals surface area contributed by atoms with Gasteiger partial charge in [0.05, 0.1) is 18.8 Å². The Morgan fingerprint density at radius 3 is 3.00 bits per heavy atom. The fraction of sp³-hybridized carbons (Fsp3) is 0.846. The molecule has 1 heterocycles. The molecule has 0 amide bonds. The molecular formula is C13H25N5O. The fourth-order valence-corrected chi connectivity index (χ4v) is 2.14. The van der Waals surface area contributed by atoms with Gasteiger partial charge < -0.3 is 10.1 Å². The van der Waals surface area contributed by atoms with Crippen molar-refractivity contribution in [3.8, 4) is 0 Å². The first-order valence-electron chi connectivity index (χ1n) is 7.16. The van der Waals surface area contributed by atoms with E-state index in [1.807, 2.05) is 10.9 Å². The van der Waals surface area contributed by atoms with E-state index >= 15 is 0 Å². The molecule has 0 radical (unpaired) electrons. The van der Waals surface area contributed by atoms with E-state index in [4.69, 9.17) is 4.74 Å². The van der Waals surface area contributed by atoms with E-state index in [1.54, 1.807) is 7.11 Å². The van der Waals surface area contributed by atoms with E-state index in [9.17, 15) is 0 Å². The Morgan fingerprint density at radius 2 is 2.32 bits per heavy atom. The monoisotopic (exact) mass is 267 g/mol. The third-order valence-corrected chi connectivity index (χ3v) is 3.40. The second kappa shape index (κ2) is 7.57. The van der Waals surface area contributed by atoms with Gasteiger partial charge in [0.1, 0.15) is 0 Å². The number of nitrogens with zero attached hydrogens (tertiary/aromatic N) is 4. The second-order valence-electron chi connectivity index (χ2n) is 5.01. The van der Waals surface area contributed by atoms with Crippen molar-refractivity contribution in [2.24, 2.45) is 0 Å². The molecule has 6 heteroatoms. The van der Waals surface area contributed by atoms with Gasteiger partial charge in [-0.05, 0) is 19.4 Å². The smallest absolute Gasteiger partial charge is 0.0964 e. The molecule has 1 aliphatic rings. The molecule has 6 nitrogen and oxygen atoms in total. The zero-order valence-electron chi connectivity index (χ0n) is 12.0. The summed E-state index contributed by atoms with van der Waals surface area (Å²) < 4.78 is 7.11. The maximum Gasteiger partial charge on any atom is 0.0964 e. The van der Waals surface area contributed by atoms with E-state index in [0.29, 0.717) is 0 Å². The lowest BCUT2D eigenvalue weighted by Crippen LogP contribution is -2.32. The topological polar surface area (TPSA) is 55.2 Å². The maximum absolute atomic E-state index is 5.17. The highest BCUT2D eigenvalue weighted by Gasteiger charge is 2.28. The SMILES string of the molecule is CCNCc1cn(CCN(CCOC)C2CC2)nn1. The van der Waals surface area contributed by atoms with Crippen molar-refractivity contribution < 1.29 is 4.74 Å². The van der Waals surface area contributed by atoms with Crippen LogP contribution in [0.5, 0.6) is 0 Å². The number of aromatic nitrogens is 3. The summed E-state index contributed by atoms with van der Waals surface area (Å²) in [5.41, 5.74) is 1.01. The number of rotatable bonds is 10. The molecule has 0 aliphatic heterocycles. The Hall–Kier alpha value is -0.980. The van der Waals surface area contributed by atoms with Gasteiger partial charge in [0.25, 0.3) is 0 Å². The van der Waals surface area contributed by atoms with E-state index < -0.39 is 0 Å². The zero-order chi connectivity index (χ0) is 13.5. The van der Waals surface area contributed by atoms with Gasteiger partial charge in [-0.25, -0.2) is 0 Å². The molecule has 1 aromatic rings. The average Bonchev–Trinajstić information content (AvgIpc) is 3.16. The first-order chi connectivity index (χ1) is 9.33. The first kappa shape index (κ1) is 14.4. The van der Waals surface area contributed by atoms with Crippen LogP contribution < -0.4 is 5.32 Å². The summed E-state index contributed by atoms with van der Waals surface area (Å²) in [7, 11) is 1.76. The third-order valence-electron chi connectivity index (χ3n) is 3.40. The number of ether oxygens (including phenoxy) is 1. The number of hydrogen-bond donors (Lipinski definition) is 1. The molecular weight excluding hydrogens is 242 g/mol. The molecule has 0 atom stereocenters. The van der Waals surface area contributed by atoms with E-state index in [0.717, 1.165) is 51.1 Å².